The maximum atomic E-state index is 12.1. The van der Waals surface area contributed by atoms with Crippen LogP contribution in [0.3, 0.4) is 0 Å². The second-order valence-electron chi connectivity index (χ2n) is 6.33. The SMILES string of the molecule is CCNC(=NCCc1cnn(C)c1)NC1CCCC(S(=O)CC)C1.I. The smallest absolute Gasteiger partial charge is 0.191 e. The Morgan fingerprint density at radius 3 is 2.88 bits per heavy atom. The number of hydrogen-bond donors (Lipinski definition) is 2. The first-order chi connectivity index (χ1) is 11.6. The summed E-state index contributed by atoms with van der Waals surface area (Å²) >= 11 is 0. The van der Waals surface area contributed by atoms with E-state index in [2.05, 4.69) is 27.6 Å². The highest BCUT2D eigenvalue weighted by Crippen LogP contribution is 2.22. The van der Waals surface area contributed by atoms with E-state index >= 15 is 0 Å². The predicted molar refractivity (Wildman–Crippen MR) is 116 cm³/mol. The molecule has 1 aliphatic carbocycles. The van der Waals surface area contributed by atoms with E-state index in [0.717, 1.165) is 56.9 Å². The van der Waals surface area contributed by atoms with Crippen LogP contribution in [0.25, 0.3) is 0 Å². The van der Waals surface area contributed by atoms with E-state index in [1.807, 2.05) is 31.0 Å². The number of guanidine groups is 1. The monoisotopic (exact) mass is 481 g/mol. The van der Waals surface area contributed by atoms with Gasteiger partial charge in [0, 0.05) is 54.2 Å². The average molecular weight is 481 g/mol. The Bertz CT molecular complexity index is 563. The van der Waals surface area contributed by atoms with Gasteiger partial charge in [-0.15, -0.1) is 24.0 Å². The number of aryl methyl sites for hydroxylation is 1. The zero-order chi connectivity index (χ0) is 17.4. The Balaban J connectivity index is 0.00000312. The van der Waals surface area contributed by atoms with Crippen LogP contribution in [-0.4, -0.2) is 50.1 Å². The number of nitrogens with zero attached hydrogens (tertiary/aromatic N) is 3. The van der Waals surface area contributed by atoms with E-state index in [0.29, 0.717) is 11.3 Å². The molecule has 144 valence electrons. The van der Waals surface area contributed by atoms with Gasteiger partial charge in [0.2, 0.25) is 0 Å². The number of rotatable bonds is 7. The lowest BCUT2D eigenvalue weighted by Gasteiger charge is -2.30. The van der Waals surface area contributed by atoms with Crippen molar-refractivity contribution in [3.05, 3.63) is 18.0 Å². The number of aromatic nitrogens is 2. The van der Waals surface area contributed by atoms with E-state index in [9.17, 15) is 4.21 Å². The van der Waals surface area contributed by atoms with Gasteiger partial charge < -0.3 is 10.6 Å². The number of nitrogens with one attached hydrogen (secondary N) is 2. The largest absolute Gasteiger partial charge is 0.357 e. The summed E-state index contributed by atoms with van der Waals surface area (Å²) in [5.41, 5.74) is 1.20. The van der Waals surface area contributed by atoms with Gasteiger partial charge in [-0.25, -0.2) is 0 Å². The molecule has 1 heterocycles. The molecule has 0 aliphatic heterocycles. The maximum absolute atomic E-state index is 12.1. The number of hydrogen-bond acceptors (Lipinski definition) is 3. The highest BCUT2D eigenvalue weighted by Gasteiger charge is 2.25. The van der Waals surface area contributed by atoms with Crippen LogP contribution in [0.2, 0.25) is 0 Å². The van der Waals surface area contributed by atoms with Crippen molar-refractivity contribution in [3.63, 3.8) is 0 Å². The lowest BCUT2D eigenvalue weighted by Crippen LogP contribution is -2.46. The van der Waals surface area contributed by atoms with Gasteiger partial charge >= 0.3 is 0 Å². The molecule has 1 aromatic heterocycles. The van der Waals surface area contributed by atoms with Crippen molar-refractivity contribution in [2.24, 2.45) is 12.0 Å². The number of aliphatic imine (C=N–C) groups is 1. The molecule has 3 atom stereocenters. The van der Waals surface area contributed by atoms with Gasteiger partial charge in [-0.3, -0.25) is 13.9 Å². The molecule has 3 unspecified atom stereocenters. The molecule has 1 saturated carbocycles. The fraction of sp³-hybridized carbons (Fsp3) is 0.765. The molecule has 1 aliphatic rings. The van der Waals surface area contributed by atoms with Gasteiger partial charge in [-0.1, -0.05) is 13.3 Å². The molecule has 0 saturated heterocycles. The Morgan fingerprint density at radius 2 is 2.24 bits per heavy atom. The van der Waals surface area contributed by atoms with E-state index in [1.165, 1.54) is 5.56 Å². The molecule has 25 heavy (non-hydrogen) atoms. The van der Waals surface area contributed by atoms with Gasteiger partial charge in [0.05, 0.1) is 6.20 Å². The van der Waals surface area contributed by atoms with Gasteiger partial charge in [-0.05, 0) is 38.2 Å². The lowest BCUT2D eigenvalue weighted by atomic mass is 9.95. The summed E-state index contributed by atoms with van der Waals surface area (Å²) < 4.78 is 13.9. The summed E-state index contributed by atoms with van der Waals surface area (Å²) in [6.07, 6.45) is 9.15. The van der Waals surface area contributed by atoms with Crippen molar-refractivity contribution in [1.29, 1.82) is 0 Å². The van der Waals surface area contributed by atoms with Crippen molar-refractivity contribution in [2.45, 2.75) is 57.2 Å². The molecular formula is C17H32IN5OS. The van der Waals surface area contributed by atoms with Crippen LogP contribution in [0, 0.1) is 0 Å². The van der Waals surface area contributed by atoms with Crippen LogP contribution in [-0.2, 0) is 24.3 Å². The third-order valence-corrected chi connectivity index (χ3v) is 6.14. The average Bonchev–Trinajstić information content (AvgIpc) is 3.00. The van der Waals surface area contributed by atoms with Crippen LogP contribution in [0.15, 0.2) is 17.4 Å². The minimum atomic E-state index is -0.690. The summed E-state index contributed by atoms with van der Waals surface area (Å²) in [5.74, 6) is 1.63. The minimum absolute atomic E-state index is 0. The molecule has 0 spiro atoms. The molecule has 0 radical (unpaired) electrons. The van der Waals surface area contributed by atoms with Gasteiger partial charge in [-0.2, -0.15) is 5.10 Å². The fourth-order valence-corrected chi connectivity index (χ4v) is 4.51. The number of halogens is 1. The van der Waals surface area contributed by atoms with Crippen LogP contribution in [0.1, 0.15) is 45.1 Å². The highest BCUT2D eigenvalue weighted by atomic mass is 127. The molecule has 0 aromatic carbocycles. The van der Waals surface area contributed by atoms with Crippen LogP contribution < -0.4 is 10.6 Å². The Hall–Kier alpha value is -0.640. The third kappa shape index (κ3) is 7.64. The van der Waals surface area contributed by atoms with Gasteiger partial charge in [0.1, 0.15) is 0 Å². The molecule has 2 rings (SSSR count). The lowest BCUT2D eigenvalue weighted by molar-refractivity contribution is 0.413. The first-order valence-corrected chi connectivity index (χ1v) is 10.4. The molecule has 8 heteroatoms. The van der Waals surface area contributed by atoms with E-state index < -0.39 is 10.8 Å². The molecule has 0 amide bonds. The minimum Gasteiger partial charge on any atom is -0.357 e. The maximum Gasteiger partial charge on any atom is 0.191 e. The van der Waals surface area contributed by atoms with E-state index in [-0.39, 0.29) is 24.0 Å². The van der Waals surface area contributed by atoms with Crippen LogP contribution >= 0.6 is 24.0 Å². The van der Waals surface area contributed by atoms with Crippen molar-refractivity contribution in [3.8, 4) is 0 Å². The second-order valence-corrected chi connectivity index (χ2v) is 8.34. The van der Waals surface area contributed by atoms with Crippen molar-refractivity contribution in [1.82, 2.24) is 20.4 Å². The first-order valence-electron chi connectivity index (χ1n) is 9.01. The highest BCUT2D eigenvalue weighted by molar-refractivity contribution is 14.0. The zero-order valence-electron chi connectivity index (χ0n) is 15.5. The van der Waals surface area contributed by atoms with Crippen LogP contribution in [0.5, 0.6) is 0 Å². The summed E-state index contributed by atoms with van der Waals surface area (Å²) in [6, 6.07) is 0.371. The molecule has 2 N–H and O–H groups in total. The summed E-state index contributed by atoms with van der Waals surface area (Å²) in [5, 5.41) is 11.4. The quantitative estimate of drug-likeness (QED) is 0.356. The topological polar surface area (TPSA) is 71.3 Å². The Labute approximate surface area is 171 Å². The molecule has 1 fully saturated rings. The van der Waals surface area contributed by atoms with Gasteiger partial charge in [0.15, 0.2) is 5.96 Å². The molecule has 1 aromatic rings. The first kappa shape index (κ1) is 22.4. The summed E-state index contributed by atoms with van der Waals surface area (Å²) in [7, 11) is 1.24. The third-order valence-electron chi connectivity index (χ3n) is 4.40. The summed E-state index contributed by atoms with van der Waals surface area (Å²) in [4.78, 5) is 4.68. The second kappa shape index (κ2) is 11.9. The fourth-order valence-electron chi connectivity index (χ4n) is 3.16. The normalized spacial score (nSPS) is 22.1. The van der Waals surface area contributed by atoms with Gasteiger partial charge in [0.25, 0.3) is 0 Å². The van der Waals surface area contributed by atoms with E-state index in [1.54, 1.807) is 0 Å². The van der Waals surface area contributed by atoms with Crippen molar-refractivity contribution < 1.29 is 4.21 Å². The molecular weight excluding hydrogens is 449 g/mol. The molecule has 6 nitrogen and oxygen atoms in total. The Morgan fingerprint density at radius 1 is 1.44 bits per heavy atom. The predicted octanol–water partition coefficient (Wildman–Crippen LogP) is 2.22. The zero-order valence-corrected chi connectivity index (χ0v) is 18.7. The van der Waals surface area contributed by atoms with Crippen LogP contribution in [0.4, 0.5) is 0 Å². The van der Waals surface area contributed by atoms with Crippen molar-refractivity contribution >= 4 is 40.7 Å². The molecule has 0 bridgehead atoms. The summed E-state index contributed by atoms with van der Waals surface area (Å²) in [6.45, 7) is 5.67. The Kier molecular flexibility index (Phi) is 10.6. The van der Waals surface area contributed by atoms with E-state index in [4.69, 9.17) is 0 Å². The standard InChI is InChI=1S/C17H31N5OS.HI/c1-4-18-17(19-10-9-14-12-20-22(3)13-14)21-15-7-6-8-16(11-15)24(23)5-2;/h12-13,15-16H,4-11H2,1-3H3,(H2,18,19,21);1H. The van der Waals surface area contributed by atoms with Crippen molar-refractivity contribution in [2.75, 3.05) is 18.8 Å².